The highest BCUT2D eigenvalue weighted by Gasteiger charge is 2.33. The molecule has 2 rings (SSSR count). The quantitative estimate of drug-likeness (QED) is 0.647. The maximum absolute atomic E-state index is 12.9. The van der Waals surface area contributed by atoms with Gasteiger partial charge in [0, 0.05) is 29.2 Å². The zero-order valence-corrected chi connectivity index (χ0v) is 16.4. The molecule has 5 heteroatoms. The molecular formula is C19H27Cl2NO2. The van der Waals surface area contributed by atoms with E-state index < -0.39 is 0 Å². The summed E-state index contributed by atoms with van der Waals surface area (Å²) in [5.74, 6) is -0.436. The third kappa shape index (κ3) is 4.65. The molecule has 1 heterocycles. The molecule has 1 aliphatic rings. The van der Waals surface area contributed by atoms with Crippen LogP contribution in [0.1, 0.15) is 52.0 Å². The Hall–Kier alpha value is -0.770. The summed E-state index contributed by atoms with van der Waals surface area (Å²) in [6.45, 7) is 10.2. The van der Waals surface area contributed by atoms with Crippen LogP contribution in [0.2, 0.25) is 10.0 Å². The number of halogens is 2. The molecule has 3 nitrogen and oxygen atoms in total. The summed E-state index contributed by atoms with van der Waals surface area (Å²) in [5.41, 5.74) is 0.766. The number of carbonyl (C=O) groups is 1. The summed E-state index contributed by atoms with van der Waals surface area (Å²) in [6.07, 6.45) is 1.72. The van der Waals surface area contributed by atoms with Crippen LogP contribution in [-0.4, -0.2) is 36.1 Å². The Morgan fingerprint density at radius 3 is 2.62 bits per heavy atom. The summed E-state index contributed by atoms with van der Waals surface area (Å²) in [4.78, 5) is 15.2. The van der Waals surface area contributed by atoms with E-state index in [-0.39, 0.29) is 23.9 Å². The summed E-state index contributed by atoms with van der Waals surface area (Å²) in [5, 5.41) is 1.15. The van der Waals surface area contributed by atoms with Crippen LogP contribution in [0.15, 0.2) is 18.2 Å². The van der Waals surface area contributed by atoms with Gasteiger partial charge in [-0.3, -0.25) is 9.69 Å². The normalized spacial score (nSPS) is 21.0. The van der Waals surface area contributed by atoms with Crippen LogP contribution in [0.3, 0.4) is 0 Å². The third-order valence-electron chi connectivity index (χ3n) is 4.95. The van der Waals surface area contributed by atoms with Crippen LogP contribution in [0.4, 0.5) is 0 Å². The minimum atomic E-state index is -0.380. The van der Waals surface area contributed by atoms with Crippen LogP contribution < -0.4 is 0 Å². The van der Waals surface area contributed by atoms with Gasteiger partial charge in [-0.2, -0.15) is 0 Å². The number of benzene rings is 1. The molecule has 0 aliphatic carbocycles. The van der Waals surface area contributed by atoms with Crippen molar-refractivity contribution < 1.29 is 9.53 Å². The maximum atomic E-state index is 12.9. The second-order valence-corrected chi connectivity index (χ2v) is 7.81. The van der Waals surface area contributed by atoms with Crippen molar-refractivity contribution in [3.8, 4) is 0 Å². The molecule has 0 radical (unpaired) electrons. The summed E-state index contributed by atoms with van der Waals surface area (Å²) < 4.78 is 5.84. The van der Waals surface area contributed by atoms with Crippen LogP contribution in [-0.2, 0) is 9.53 Å². The Kier molecular flexibility index (Phi) is 6.97. The highest BCUT2D eigenvalue weighted by Crippen LogP contribution is 2.35. The summed E-state index contributed by atoms with van der Waals surface area (Å²) >= 11 is 12.5. The van der Waals surface area contributed by atoms with E-state index in [9.17, 15) is 4.79 Å². The van der Waals surface area contributed by atoms with Gasteiger partial charge in [0.2, 0.25) is 0 Å². The highest BCUT2D eigenvalue weighted by molar-refractivity contribution is 6.33. The van der Waals surface area contributed by atoms with Crippen molar-refractivity contribution in [3.63, 3.8) is 0 Å². The molecule has 0 aromatic heterocycles. The number of rotatable bonds is 6. The molecule has 0 N–H and O–H groups in total. The highest BCUT2D eigenvalue weighted by atomic mass is 35.5. The van der Waals surface area contributed by atoms with E-state index in [0.717, 1.165) is 31.5 Å². The molecular weight excluding hydrogens is 345 g/mol. The van der Waals surface area contributed by atoms with Crippen molar-refractivity contribution in [1.82, 2.24) is 4.90 Å². The monoisotopic (exact) mass is 371 g/mol. The van der Waals surface area contributed by atoms with Gasteiger partial charge in [0.1, 0.15) is 6.10 Å². The standard InChI is InChI=1S/C19H27Cl2NO2/c1-5-13(4)18(16-10-14(20)6-7-17(16)21)19(23)24-15-8-9-22(11-15)12(2)3/h6-7,10,12-13,15,18H,5,8-9,11H2,1-4H3. The Morgan fingerprint density at radius 2 is 2.04 bits per heavy atom. The Morgan fingerprint density at radius 1 is 1.33 bits per heavy atom. The van der Waals surface area contributed by atoms with E-state index in [2.05, 4.69) is 32.6 Å². The van der Waals surface area contributed by atoms with Gasteiger partial charge in [0.05, 0.1) is 5.92 Å². The van der Waals surface area contributed by atoms with Gasteiger partial charge in [-0.15, -0.1) is 0 Å². The molecule has 1 aromatic rings. The first-order valence-electron chi connectivity index (χ1n) is 8.73. The first kappa shape index (κ1) is 19.6. The molecule has 1 aromatic carbocycles. The summed E-state index contributed by atoms with van der Waals surface area (Å²) in [6, 6.07) is 5.75. The molecule has 1 fully saturated rings. The SMILES string of the molecule is CCC(C)C(C(=O)OC1CCN(C(C)C)C1)c1cc(Cl)ccc1Cl. The molecule has 3 atom stereocenters. The second kappa shape index (κ2) is 8.55. The first-order valence-corrected chi connectivity index (χ1v) is 9.48. The van der Waals surface area contributed by atoms with E-state index in [4.69, 9.17) is 27.9 Å². The van der Waals surface area contributed by atoms with E-state index in [0.29, 0.717) is 16.1 Å². The van der Waals surface area contributed by atoms with Crippen LogP contribution >= 0.6 is 23.2 Å². The number of carbonyl (C=O) groups excluding carboxylic acids is 1. The number of ether oxygens (including phenoxy) is 1. The van der Waals surface area contributed by atoms with E-state index in [1.165, 1.54) is 0 Å². The van der Waals surface area contributed by atoms with Crippen LogP contribution in [0.25, 0.3) is 0 Å². The lowest BCUT2D eigenvalue weighted by Crippen LogP contribution is -2.32. The minimum Gasteiger partial charge on any atom is -0.460 e. The van der Waals surface area contributed by atoms with Crippen molar-refractivity contribution in [2.75, 3.05) is 13.1 Å². The number of nitrogens with zero attached hydrogens (tertiary/aromatic N) is 1. The number of esters is 1. The number of likely N-dealkylation sites (tertiary alicyclic amines) is 1. The third-order valence-corrected chi connectivity index (χ3v) is 5.53. The fourth-order valence-electron chi connectivity index (χ4n) is 3.21. The Bertz CT molecular complexity index is 576. The van der Waals surface area contributed by atoms with Crippen LogP contribution in [0.5, 0.6) is 0 Å². The Labute approximate surface area is 155 Å². The lowest BCUT2D eigenvalue weighted by atomic mass is 9.85. The fraction of sp³-hybridized carbons (Fsp3) is 0.632. The second-order valence-electron chi connectivity index (χ2n) is 6.97. The topological polar surface area (TPSA) is 29.5 Å². The largest absolute Gasteiger partial charge is 0.460 e. The predicted molar refractivity (Wildman–Crippen MR) is 99.9 cm³/mol. The maximum Gasteiger partial charge on any atom is 0.314 e. The van der Waals surface area contributed by atoms with Crippen molar-refractivity contribution in [2.45, 2.75) is 58.6 Å². The fourth-order valence-corrected chi connectivity index (χ4v) is 3.63. The van der Waals surface area contributed by atoms with Gasteiger partial charge >= 0.3 is 5.97 Å². The lowest BCUT2D eigenvalue weighted by molar-refractivity contribution is -0.151. The molecule has 0 bridgehead atoms. The van der Waals surface area contributed by atoms with Gasteiger partial charge in [-0.05, 0) is 49.9 Å². The van der Waals surface area contributed by atoms with E-state index in [1.807, 2.05) is 0 Å². The number of hydrogen-bond donors (Lipinski definition) is 0. The molecule has 1 saturated heterocycles. The van der Waals surface area contributed by atoms with Gasteiger partial charge < -0.3 is 4.74 Å². The van der Waals surface area contributed by atoms with Gasteiger partial charge in [0.15, 0.2) is 0 Å². The predicted octanol–water partition coefficient (Wildman–Crippen LogP) is 5.15. The summed E-state index contributed by atoms with van der Waals surface area (Å²) in [7, 11) is 0. The van der Waals surface area contributed by atoms with E-state index >= 15 is 0 Å². The molecule has 0 saturated carbocycles. The van der Waals surface area contributed by atoms with Crippen molar-refractivity contribution >= 4 is 29.2 Å². The Balaban J connectivity index is 2.16. The smallest absolute Gasteiger partial charge is 0.314 e. The molecule has 1 aliphatic heterocycles. The average molecular weight is 372 g/mol. The van der Waals surface area contributed by atoms with Crippen molar-refractivity contribution in [3.05, 3.63) is 33.8 Å². The van der Waals surface area contributed by atoms with Gasteiger partial charge in [-0.25, -0.2) is 0 Å². The van der Waals surface area contributed by atoms with E-state index in [1.54, 1.807) is 18.2 Å². The zero-order chi connectivity index (χ0) is 17.9. The van der Waals surface area contributed by atoms with Gasteiger partial charge in [-0.1, -0.05) is 43.5 Å². The lowest BCUT2D eigenvalue weighted by Gasteiger charge is -2.25. The zero-order valence-electron chi connectivity index (χ0n) is 14.9. The molecule has 24 heavy (non-hydrogen) atoms. The van der Waals surface area contributed by atoms with Crippen molar-refractivity contribution in [2.24, 2.45) is 5.92 Å². The molecule has 3 unspecified atom stereocenters. The number of hydrogen-bond acceptors (Lipinski definition) is 3. The van der Waals surface area contributed by atoms with Crippen LogP contribution in [0, 0.1) is 5.92 Å². The molecule has 0 spiro atoms. The average Bonchev–Trinajstić information content (AvgIpc) is 2.99. The minimum absolute atomic E-state index is 0.0376. The molecule has 0 amide bonds. The van der Waals surface area contributed by atoms with Gasteiger partial charge in [0.25, 0.3) is 0 Å². The first-order chi connectivity index (χ1) is 11.3. The van der Waals surface area contributed by atoms with Crippen molar-refractivity contribution in [1.29, 1.82) is 0 Å². The molecule has 134 valence electrons.